The van der Waals surface area contributed by atoms with Gasteiger partial charge < -0.3 is 14.6 Å². The van der Waals surface area contributed by atoms with Crippen molar-refractivity contribution in [3.63, 3.8) is 0 Å². The van der Waals surface area contributed by atoms with Crippen molar-refractivity contribution in [3.8, 4) is 0 Å². The summed E-state index contributed by atoms with van der Waals surface area (Å²) < 4.78 is 10.7. The minimum Gasteiger partial charge on any atom is -0.462 e. The van der Waals surface area contributed by atoms with Crippen LogP contribution in [0.2, 0.25) is 0 Å². The Morgan fingerprint density at radius 1 is 0.364 bits per heavy atom. The second-order valence-corrected chi connectivity index (χ2v) is 19.3. The molecule has 0 bridgehead atoms. The van der Waals surface area contributed by atoms with Crippen LogP contribution in [0.5, 0.6) is 0 Å². The lowest BCUT2D eigenvalue weighted by atomic mass is 10.0. The molecule has 0 aromatic carbocycles. The lowest BCUT2D eigenvalue weighted by Crippen LogP contribution is -2.28. The molecule has 1 N–H and O–H groups in total. The molecular formula is C61H110O5. The quantitative estimate of drug-likeness (QED) is 0.0374. The lowest BCUT2D eigenvalue weighted by Gasteiger charge is -2.15. The molecule has 1 unspecified atom stereocenters. The minimum atomic E-state index is -0.773. The Morgan fingerprint density at radius 3 is 0.985 bits per heavy atom. The maximum Gasteiger partial charge on any atom is 0.306 e. The Balaban J connectivity index is 3.46. The van der Waals surface area contributed by atoms with Crippen LogP contribution in [0, 0.1) is 0 Å². The highest BCUT2D eigenvalue weighted by molar-refractivity contribution is 5.70. The molecule has 5 heteroatoms. The van der Waals surface area contributed by atoms with Crippen molar-refractivity contribution in [2.75, 3.05) is 13.2 Å². The zero-order valence-corrected chi connectivity index (χ0v) is 44.0. The second kappa shape index (κ2) is 56.9. The number of aliphatic hydroxyl groups is 1. The number of allylic oxidation sites excluding steroid dienone is 10. The number of rotatable bonds is 53. The molecule has 0 aliphatic heterocycles. The summed E-state index contributed by atoms with van der Waals surface area (Å²) in [5, 5.41) is 9.66. The van der Waals surface area contributed by atoms with Gasteiger partial charge in [0.05, 0.1) is 6.61 Å². The molecule has 0 aromatic heterocycles. The SMILES string of the molecule is CC/C=C\C/C=C\C/C=C\C/C=C\C/C=C\CCCCCCCCCCCCCCCC(=O)OC(CO)COC(=O)CCCCCCCCCCCCCCCCCCCCCCCCC. The van der Waals surface area contributed by atoms with E-state index in [1.54, 1.807) is 0 Å². The van der Waals surface area contributed by atoms with Crippen LogP contribution in [0.25, 0.3) is 0 Å². The van der Waals surface area contributed by atoms with E-state index in [1.165, 1.54) is 199 Å². The largest absolute Gasteiger partial charge is 0.462 e. The summed E-state index contributed by atoms with van der Waals surface area (Å²) in [6.45, 7) is 4.07. The third-order valence-electron chi connectivity index (χ3n) is 12.8. The van der Waals surface area contributed by atoms with Gasteiger partial charge in [-0.25, -0.2) is 0 Å². The summed E-state index contributed by atoms with van der Waals surface area (Å²) in [5.41, 5.74) is 0. The Hall–Kier alpha value is -2.40. The first kappa shape index (κ1) is 63.6. The molecule has 0 rings (SSSR count). The number of hydrogen-bond donors (Lipinski definition) is 1. The van der Waals surface area contributed by atoms with E-state index in [9.17, 15) is 14.7 Å². The highest BCUT2D eigenvalue weighted by Crippen LogP contribution is 2.17. The molecule has 0 radical (unpaired) electrons. The summed E-state index contributed by atoms with van der Waals surface area (Å²) in [4.78, 5) is 24.5. The average Bonchev–Trinajstić information content (AvgIpc) is 3.32. The van der Waals surface area contributed by atoms with Gasteiger partial charge in [0.2, 0.25) is 0 Å². The van der Waals surface area contributed by atoms with Crippen molar-refractivity contribution in [2.24, 2.45) is 0 Å². The van der Waals surface area contributed by atoms with Crippen molar-refractivity contribution in [1.82, 2.24) is 0 Å². The van der Waals surface area contributed by atoms with E-state index >= 15 is 0 Å². The molecule has 0 heterocycles. The Labute approximate surface area is 411 Å². The lowest BCUT2D eigenvalue weighted by molar-refractivity contribution is -0.161. The van der Waals surface area contributed by atoms with Crippen molar-refractivity contribution in [3.05, 3.63) is 60.8 Å². The predicted octanol–water partition coefficient (Wildman–Crippen LogP) is 19.4. The molecule has 0 aromatic rings. The van der Waals surface area contributed by atoms with Crippen LogP contribution in [0.3, 0.4) is 0 Å². The monoisotopic (exact) mass is 923 g/mol. The van der Waals surface area contributed by atoms with Gasteiger partial charge in [-0.2, -0.15) is 0 Å². The first-order valence-corrected chi connectivity index (χ1v) is 28.8. The predicted molar refractivity (Wildman–Crippen MR) is 288 cm³/mol. The molecule has 0 amide bonds. The van der Waals surface area contributed by atoms with Gasteiger partial charge in [-0.15, -0.1) is 0 Å². The standard InChI is InChI=1S/C61H110O5/c1-3-5-7-9-11-13-15-17-19-21-23-25-27-28-29-30-31-32-34-36-38-40-42-44-46-48-50-52-54-56-61(64)66-59(57-62)58-65-60(63)55-53-51-49-47-45-43-41-39-37-35-33-26-24-22-20-18-16-14-12-10-8-6-4-2/h5,7,11,13,17,19,23,25,28-29,59,62H,3-4,6,8-10,12,14-16,18,20-22,24,26-27,30-58H2,1-2H3/b7-5-,13-11-,19-17-,25-23-,29-28-. The molecule has 0 aliphatic rings. The summed E-state index contributed by atoms with van der Waals surface area (Å²) >= 11 is 0. The number of esters is 2. The molecule has 0 saturated heterocycles. The fraction of sp³-hybridized carbons (Fsp3) is 0.803. The maximum absolute atomic E-state index is 12.3. The van der Waals surface area contributed by atoms with Crippen LogP contribution in [0.4, 0.5) is 0 Å². The zero-order valence-electron chi connectivity index (χ0n) is 44.0. The first-order chi connectivity index (χ1) is 32.6. The number of aliphatic hydroxyl groups excluding tert-OH is 1. The number of hydrogen-bond acceptors (Lipinski definition) is 5. The van der Waals surface area contributed by atoms with Gasteiger partial charge in [-0.1, -0.05) is 286 Å². The van der Waals surface area contributed by atoms with Gasteiger partial charge in [-0.3, -0.25) is 9.59 Å². The van der Waals surface area contributed by atoms with Gasteiger partial charge in [0.1, 0.15) is 6.61 Å². The molecule has 66 heavy (non-hydrogen) atoms. The van der Waals surface area contributed by atoms with Gasteiger partial charge in [-0.05, 0) is 57.8 Å². The fourth-order valence-corrected chi connectivity index (χ4v) is 8.53. The van der Waals surface area contributed by atoms with Crippen molar-refractivity contribution < 1.29 is 24.2 Å². The minimum absolute atomic E-state index is 0.0633. The van der Waals surface area contributed by atoms with Crippen molar-refractivity contribution in [1.29, 1.82) is 0 Å². The molecule has 0 spiro atoms. The van der Waals surface area contributed by atoms with Crippen LogP contribution in [-0.2, 0) is 19.1 Å². The summed E-state index contributed by atoms with van der Waals surface area (Å²) in [7, 11) is 0. The van der Waals surface area contributed by atoms with Crippen LogP contribution in [-0.4, -0.2) is 36.4 Å². The molecular weight excluding hydrogens is 813 g/mol. The molecule has 0 aliphatic carbocycles. The van der Waals surface area contributed by atoms with Crippen molar-refractivity contribution >= 4 is 11.9 Å². The maximum atomic E-state index is 12.3. The van der Waals surface area contributed by atoms with E-state index in [4.69, 9.17) is 9.47 Å². The fourth-order valence-electron chi connectivity index (χ4n) is 8.53. The van der Waals surface area contributed by atoms with Crippen LogP contribution in [0.1, 0.15) is 296 Å². The van der Waals surface area contributed by atoms with Crippen LogP contribution >= 0.6 is 0 Å². The topological polar surface area (TPSA) is 72.8 Å². The number of ether oxygens (including phenoxy) is 2. The van der Waals surface area contributed by atoms with E-state index in [0.29, 0.717) is 12.8 Å². The number of unbranched alkanes of at least 4 members (excludes halogenated alkanes) is 35. The van der Waals surface area contributed by atoms with E-state index in [2.05, 4.69) is 74.6 Å². The average molecular weight is 924 g/mol. The van der Waals surface area contributed by atoms with Gasteiger partial charge in [0.15, 0.2) is 6.10 Å². The third-order valence-corrected chi connectivity index (χ3v) is 12.8. The summed E-state index contributed by atoms with van der Waals surface area (Å²) in [5.74, 6) is -0.578. The second-order valence-electron chi connectivity index (χ2n) is 19.3. The summed E-state index contributed by atoms with van der Waals surface area (Å²) in [6.07, 6.45) is 76.3. The molecule has 384 valence electrons. The molecule has 0 saturated carbocycles. The normalized spacial score (nSPS) is 12.6. The highest BCUT2D eigenvalue weighted by Gasteiger charge is 2.16. The van der Waals surface area contributed by atoms with Gasteiger partial charge >= 0.3 is 11.9 Å². The van der Waals surface area contributed by atoms with Crippen LogP contribution in [0.15, 0.2) is 60.8 Å². The Bertz CT molecular complexity index is 1130. The molecule has 1 atom stereocenters. The zero-order chi connectivity index (χ0) is 47.7. The molecule has 5 nitrogen and oxygen atoms in total. The van der Waals surface area contributed by atoms with E-state index in [1.807, 2.05) is 0 Å². The van der Waals surface area contributed by atoms with Gasteiger partial charge in [0.25, 0.3) is 0 Å². The Kier molecular flexibility index (Phi) is 54.9. The van der Waals surface area contributed by atoms with E-state index < -0.39 is 6.10 Å². The number of carbonyl (C=O) groups is 2. The smallest absolute Gasteiger partial charge is 0.306 e. The Morgan fingerprint density at radius 2 is 0.652 bits per heavy atom. The highest BCUT2D eigenvalue weighted by atomic mass is 16.6. The third kappa shape index (κ3) is 54.2. The van der Waals surface area contributed by atoms with E-state index in [-0.39, 0.29) is 25.2 Å². The number of carbonyl (C=O) groups excluding carboxylic acids is 2. The van der Waals surface area contributed by atoms with E-state index in [0.717, 1.165) is 70.6 Å². The van der Waals surface area contributed by atoms with Gasteiger partial charge in [0, 0.05) is 12.8 Å². The van der Waals surface area contributed by atoms with Crippen molar-refractivity contribution in [2.45, 2.75) is 302 Å². The first-order valence-electron chi connectivity index (χ1n) is 28.8. The van der Waals surface area contributed by atoms with Crippen LogP contribution < -0.4 is 0 Å². The molecule has 0 fully saturated rings. The summed E-state index contributed by atoms with van der Waals surface area (Å²) in [6, 6.07) is 0.